The molecule has 0 aliphatic heterocycles. The molecule has 3 nitrogen and oxygen atoms in total. The molecule has 0 spiro atoms. The summed E-state index contributed by atoms with van der Waals surface area (Å²) in [5.41, 5.74) is 1.00. The van der Waals surface area contributed by atoms with Crippen LogP contribution in [-0.4, -0.2) is 24.7 Å². The predicted molar refractivity (Wildman–Crippen MR) is 71.2 cm³/mol. The summed E-state index contributed by atoms with van der Waals surface area (Å²) in [5.74, 6) is -1.06. The maximum atomic E-state index is 13.7. The van der Waals surface area contributed by atoms with Gasteiger partial charge in [0.05, 0.1) is 0 Å². The number of nitrogens with zero attached hydrogens (tertiary/aromatic N) is 1. The summed E-state index contributed by atoms with van der Waals surface area (Å²) in [7, 11) is 1.87. The Morgan fingerprint density at radius 3 is 2.72 bits per heavy atom. The Morgan fingerprint density at radius 2 is 2.17 bits per heavy atom. The summed E-state index contributed by atoms with van der Waals surface area (Å²) in [6.45, 7) is 4.92. The zero-order chi connectivity index (χ0) is 13.7. The van der Waals surface area contributed by atoms with Gasteiger partial charge in [0.2, 0.25) is 0 Å². The van der Waals surface area contributed by atoms with Gasteiger partial charge in [0.15, 0.2) is 0 Å². The molecular formula is C14H18FNO2. The van der Waals surface area contributed by atoms with Gasteiger partial charge in [-0.05, 0) is 24.1 Å². The molecule has 0 bridgehead atoms. The van der Waals surface area contributed by atoms with Crippen LogP contribution in [0.3, 0.4) is 0 Å². The number of hydrogen-bond acceptors (Lipinski definition) is 2. The number of carbonyl (C=O) groups is 1. The van der Waals surface area contributed by atoms with E-state index in [1.807, 2.05) is 11.9 Å². The fraction of sp³-hybridized carbons (Fsp3) is 0.357. The lowest BCUT2D eigenvalue weighted by Gasteiger charge is -2.23. The fourth-order valence-electron chi connectivity index (χ4n) is 1.82. The van der Waals surface area contributed by atoms with Gasteiger partial charge < -0.3 is 10.0 Å². The normalized spacial score (nSPS) is 11.2. The zero-order valence-corrected chi connectivity index (χ0v) is 10.9. The van der Waals surface area contributed by atoms with Gasteiger partial charge in [0, 0.05) is 30.9 Å². The molecule has 1 rings (SSSR count). The number of halogens is 1. The van der Waals surface area contributed by atoms with E-state index in [9.17, 15) is 9.18 Å². The first kappa shape index (κ1) is 14.2. The Morgan fingerprint density at radius 1 is 1.50 bits per heavy atom. The van der Waals surface area contributed by atoms with E-state index in [0.717, 1.165) is 12.6 Å². The van der Waals surface area contributed by atoms with Crippen LogP contribution in [0.25, 0.3) is 6.08 Å². The Hall–Kier alpha value is -1.84. The second-order valence-corrected chi connectivity index (χ2v) is 4.62. The predicted octanol–water partition coefficient (Wildman–Crippen LogP) is 3.02. The monoisotopic (exact) mass is 251 g/mol. The van der Waals surface area contributed by atoms with Gasteiger partial charge in [0.1, 0.15) is 5.82 Å². The van der Waals surface area contributed by atoms with Crippen LogP contribution < -0.4 is 4.90 Å². The number of carboxylic acid groups (broad SMARTS) is 1. The maximum Gasteiger partial charge on any atom is 0.328 e. The van der Waals surface area contributed by atoms with E-state index in [0.29, 0.717) is 17.2 Å². The van der Waals surface area contributed by atoms with Crippen LogP contribution in [0.4, 0.5) is 10.1 Å². The summed E-state index contributed by atoms with van der Waals surface area (Å²) in [6.07, 6.45) is 2.24. The summed E-state index contributed by atoms with van der Waals surface area (Å²) < 4.78 is 13.7. The van der Waals surface area contributed by atoms with Crippen LogP contribution in [0, 0.1) is 11.7 Å². The van der Waals surface area contributed by atoms with Crippen molar-refractivity contribution >= 4 is 17.7 Å². The lowest BCUT2D eigenvalue weighted by molar-refractivity contribution is -0.131. The molecule has 0 fully saturated rings. The van der Waals surface area contributed by atoms with Crippen LogP contribution in [0.1, 0.15) is 19.4 Å². The lowest BCUT2D eigenvalue weighted by Crippen LogP contribution is -2.23. The third-order valence-electron chi connectivity index (χ3n) is 2.47. The summed E-state index contributed by atoms with van der Waals surface area (Å²) in [4.78, 5) is 12.4. The van der Waals surface area contributed by atoms with Crippen LogP contribution in [0.2, 0.25) is 0 Å². The smallest absolute Gasteiger partial charge is 0.328 e. The second-order valence-electron chi connectivity index (χ2n) is 4.62. The van der Waals surface area contributed by atoms with Gasteiger partial charge in [-0.15, -0.1) is 0 Å². The van der Waals surface area contributed by atoms with Crippen LogP contribution >= 0.6 is 0 Å². The molecule has 0 aromatic heterocycles. The van der Waals surface area contributed by atoms with Crippen molar-refractivity contribution in [1.29, 1.82) is 0 Å². The van der Waals surface area contributed by atoms with Gasteiger partial charge in [0.25, 0.3) is 0 Å². The van der Waals surface area contributed by atoms with Crippen molar-refractivity contribution in [3.05, 3.63) is 35.7 Å². The molecule has 0 aliphatic carbocycles. The number of rotatable bonds is 5. The first-order chi connectivity index (χ1) is 8.41. The zero-order valence-electron chi connectivity index (χ0n) is 10.9. The number of aliphatic carboxylic acids is 1. The van der Waals surface area contributed by atoms with Gasteiger partial charge in [-0.25, -0.2) is 9.18 Å². The summed E-state index contributed by atoms with van der Waals surface area (Å²) in [6, 6.07) is 4.74. The van der Waals surface area contributed by atoms with Gasteiger partial charge in [-0.1, -0.05) is 19.9 Å². The first-order valence-electron chi connectivity index (χ1n) is 5.82. The standard InChI is InChI=1S/C14H18FNO2/c1-10(2)9-16(3)13-6-4-5-12(15)11(13)7-8-14(17)18/h4-8,10H,9H2,1-3H3,(H,17,18)/b8-7+. The van der Waals surface area contributed by atoms with Crippen molar-refractivity contribution in [2.24, 2.45) is 5.92 Å². The topological polar surface area (TPSA) is 40.5 Å². The number of benzene rings is 1. The molecule has 0 unspecified atom stereocenters. The van der Waals surface area contributed by atoms with Crippen molar-refractivity contribution in [2.75, 3.05) is 18.5 Å². The van der Waals surface area contributed by atoms with Crippen molar-refractivity contribution < 1.29 is 14.3 Å². The van der Waals surface area contributed by atoms with E-state index < -0.39 is 11.8 Å². The quantitative estimate of drug-likeness (QED) is 0.818. The molecule has 18 heavy (non-hydrogen) atoms. The SMILES string of the molecule is CC(C)CN(C)c1cccc(F)c1/C=C/C(=O)O. The van der Waals surface area contributed by atoms with Crippen molar-refractivity contribution in [3.8, 4) is 0 Å². The molecule has 0 aliphatic rings. The summed E-state index contributed by atoms with van der Waals surface area (Å²) >= 11 is 0. The average Bonchev–Trinajstić information content (AvgIpc) is 2.25. The van der Waals surface area contributed by atoms with E-state index in [4.69, 9.17) is 5.11 Å². The highest BCUT2D eigenvalue weighted by Gasteiger charge is 2.11. The number of hydrogen-bond donors (Lipinski definition) is 1. The Balaban J connectivity index is 3.11. The molecule has 0 saturated carbocycles. The minimum atomic E-state index is -1.09. The van der Waals surface area contributed by atoms with Crippen LogP contribution in [0.5, 0.6) is 0 Å². The maximum absolute atomic E-state index is 13.7. The lowest BCUT2D eigenvalue weighted by atomic mass is 10.1. The number of carboxylic acids is 1. The minimum Gasteiger partial charge on any atom is -0.478 e. The largest absolute Gasteiger partial charge is 0.478 e. The minimum absolute atomic E-state index is 0.308. The molecule has 0 atom stereocenters. The molecule has 98 valence electrons. The fourth-order valence-corrected chi connectivity index (χ4v) is 1.82. The van der Waals surface area contributed by atoms with E-state index >= 15 is 0 Å². The van der Waals surface area contributed by atoms with E-state index in [-0.39, 0.29) is 0 Å². The summed E-state index contributed by atoms with van der Waals surface area (Å²) in [5, 5.41) is 8.62. The Kier molecular flexibility index (Phi) is 4.89. The van der Waals surface area contributed by atoms with E-state index in [2.05, 4.69) is 13.8 Å². The van der Waals surface area contributed by atoms with Crippen molar-refractivity contribution in [1.82, 2.24) is 0 Å². The highest BCUT2D eigenvalue weighted by Crippen LogP contribution is 2.24. The van der Waals surface area contributed by atoms with Crippen molar-refractivity contribution in [2.45, 2.75) is 13.8 Å². The van der Waals surface area contributed by atoms with Crippen molar-refractivity contribution in [3.63, 3.8) is 0 Å². The molecule has 1 aromatic carbocycles. The molecule has 4 heteroatoms. The third kappa shape index (κ3) is 3.87. The van der Waals surface area contributed by atoms with Gasteiger partial charge in [-0.3, -0.25) is 0 Å². The molecule has 0 amide bonds. The Labute approximate surface area is 107 Å². The molecular weight excluding hydrogens is 233 g/mol. The molecule has 0 radical (unpaired) electrons. The van der Waals surface area contributed by atoms with Gasteiger partial charge >= 0.3 is 5.97 Å². The third-order valence-corrected chi connectivity index (χ3v) is 2.47. The molecule has 0 heterocycles. The molecule has 1 aromatic rings. The molecule has 0 saturated heterocycles. The van der Waals surface area contributed by atoms with Gasteiger partial charge in [-0.2, -0.15) is 0 Å². The highest BCUT2D eigenvalue weighted by molar-refractivity contribution is 5.87. The number of anilines is 1. The highest BCUT2D eigenvalue weighted by atomic mass is 19.1. The average molecular weight is 251 g/mol. The van der Waals surface area contributed by atoms with E-state index in [1.54, 1.807) is 12.1 Å². The molecule has 1 N–H and O–H groups in total. The van der Waals surface area contributed by atoms with E-state index in [1.165, 1.54) is 12.1 Å². The Bertz CT molecular complexity index is 455. The van der Waals surface area contributed by atoms with Crippen LogP contribution in [0.15, 0.2) is 24.3 Å². The first-order valence-corrected chi connectivity index (χ1v) is 5.82. The second kappa shape index (κ2) is 6.19. The van der Waals surface area contributed by atoms with Crippen LogP contribution in [-0.2, 0) is 4.79 Å².